The second-order valence-electron chi connectivity index (χ2n) is 7.98. The molecule has 0 aromatic carbocycles. The first-order chi connectivity index (χ1) is 12.6. The zero-order valence-electron chi connectivity index (χ0n) is 15.8. The van der Waals surface area contributed by atoms with Gasteiger partial charge in [0.1, 0.15) is 0 Å². The molecule has 2 aliphatic heterocycles. The molecule has 1 atom stereocenters. The Kier molecular flexibility index (Phi) is 7.28. The van der Waals surface area contributed by atoms with Crippen molar-refractivity contribution in [3.8, 4) is 0 Å². The SMILES string of the molecule is NC(C(=O)N1CCN(CC(=O)NC2CCCCC2)CC1)C1CCOCC1. The normalized spacial score (nSPS) is 25.0. The van der Waals surface area contributed by atoms with Crippen molar-refractivity contribution in [2.75, 3.05) is 45.9 Å². The highest BCUT2D eigenvalue weighted by molar-refractivity contribution is 5.82. The molecule has 2 saturated heterocycles. The van der Waals surface area contributed by atoms with Crippen LogP contribution in [0.5, 0.6) is 0 Å². The molecule has 0 radical (unpaired) electrons. The van der Waals surface area contributed by atoms with Crippen LogP contribution in [-0.4, -0.2) is 79.6 Å². The van der Waals surface area contributed by atoms with E-state index in [9.17, 15) is 9.59 Å². The molecule has 3 rings (SSSR count). The largest absolute Gasteiger partial charge is 0.381 e. The van der Waals surface area contributed by atoms with Gasteiger partial charge < -0.3 is 20.7 Å². The monoisotopic (exact) mass is 366 g/mol. The first-order valence-corrected chi connectivity index (χ1v) is 10.3. The van der Waals surface area contributed by atoms with E-state index < -0.39 is 6.04 Å². The second kappa shape index (κ2) is 9.67. The van der Waals surface area contributed by atoms with Crippen molar-refractivity contribution in [1.82, 2.24) is 15.1 Å². The van der Waals surface area contributed by atoms with Gasteiger partial charge in [-0.15, -0.1) is 0 Å². The second-order valence-corrected chi connectivity index (χ2v) is 7.98. The highest BCUT2D eigenvalue weighted by atomic mass is 16.5. The number of carbonyl (C=O) groups is 2. The van der Waals surface area contributed by atoms with Crippen molar-refractivity contribution in [2.45, 2.75) is 57.0 Å². The molecule has 3 aliphatic rings. The molecule has 2 heterocycles. The van der Waals surface area contributed by atoms with Gasteiger partial charge in [0.2, 0.25) is 11.8 Å². The lowest BCUT2D eigenvalue weighted by Gasteiger charge is -2.37. The van der Waals surface area contributed by atoms with Gasteiger partial charge in [-0.2, -0.15) is 0 Å². The smallest absolute Gasteiger partial charge is 0.239 e. The van der Waals surface area contributed by atoms with Crippen molar-refractivity contribution in [1.29, 1.82) is 0 Å². The Morgan fingerprint density at radius 3 is 2.31 bits per heavy atom. The zero-order chi connectivity index (χ0) is 18.4. The Morgan fingerprint density at radius 2 is 1.65 bits per heavy atom. The van der Waals surface area contributed by atoms with Gasteiger partial charge in [0.15, 0.2) is 0 Å². The molecule has 148 valence electrons. The molecule has 1 aliphatic carbocycles. The molecule has 7 nitrogen and oxygen atoms in total. The minimum atomic E-state index is -0.417. The molecule has 0 spiro atoms. The highest BCUT2D eigenvalue weighted by Gasteiger charge is 2.31. The number of ether oxygens (including phenoxy) is 1. The van der Waals surface area contributed by atoms with Crippen molar-refractivity contribution < 1.29 is 14.3 Å². The molecular weight excluding hydrogens is 332 g/mol. The maximum absolute atomic E-state index is 12.7. The number of hydrogen-bond acceptors (Lipinski definition) is 5. The van der Waals surface area contributed by atoms with Gasteiger partial charge in [-0.05, 0) is 31.6 Å². The Hall–Kier alpha value is -1.18. The molecule has 3 N–H and O–H groups in total. The van der Waals surface area contributed by atoms with Gasteiger partial charge >= 0.3 is 0 Å². The molecule has 3 fully saturated rings. The maximum Gasteiger partial charge on any atom is 0.239 e. The van der Waals surface area contributed by atoms with Crippen molar-refractivity contribution in [3.63, 3.8) is 0 Å². The summed E-state index contributed by atoms with van der Waals surface area (Å²) in [7, 11) is 0. The number of nitrogens with one attached hydrogen (secondary N) is 1. The third-order valence-corrected chi connectivity index (χ3v) is 6.08. The molecule has 26 heavy (non-hydrogen) atoms. The molecule has 1 unspecified atom stereocenters. The zero-order valence-corrected chi connectivity index (χ0v) is 15.8. The van der Waals surface area contributed by atoms with Crippen LogP contribution >= 0.6 is 0 Å². The average Bonchev–Trinajstić information content (AvgIpc) is 2.69. The van der Waals surface area contributed by atoms with E-state index in [1.807, 2.05) is 4.90 Å². The van der Waals surface area contributed by atoms with Gasteiger partial charge in [0.25, 0.3) is 0 Å². The van der Waals surface area contributed by atoms with Crippen LogP contribution < -0.4 is 11.1 Å². The fraction of sp³-hybridized carbons (Fsp3) is 0.895. The van der Waals surface area contributed by atoms with Crippen LogP contribution in [0.4, 0.5) is 0 Å². The molecule has 7 heteroatoms. The molecule has 2 amide bonds. The van der Waals surface area contributed by atoms with E-state index in [4.69, 9.17) is 10.5 Å². The van der Waals surface area contributed by atoms with E-state index in [2.05, 4.69) is 10.2 Å². The van der Waals surface area contributed by atoms with Gasteiger partial charge in [0, 0.05) is 45.4 Å². The lowest BCUT2D eigenvalue weighted by Crippen LogP contribution is -2.56. The minimum absolute atomic E-state index is 0.0585. The fourth-order valence-electron chi connectivity index (χ4n) is 4.34. The fourth-order valence-corrected chi connectivity index (χ4v) is 4.34. The Balaban J connectivity index is 1.37. The van der Waals surface area contributed by atoms with E-state index in [-0.39, 0.29) is 17.7 Å². The highest BCUT2D eigenvalue weighted by Crippen LogP contribution is 2.20. The number of rotatable bonds is 5. The van der Waals surface area contributed by atoms with Gasteiger partial charge in [-0.25, -0.2) is 0 Å². The van der Waals surface area contributed by atoms with Gasteiger partial charge in [-0.3, -0.25) is 14.5 Å². The summed E-state index contributed by atoms with van der Waals surface area (Å²) in [4.78, 5) is 28.9. The van der Waals surface area contributed by atoms with Crippen molar-refractivity contribution >= 4 is 11.8 Å². The molecule has 0 aromatic rings. The summed E-state index contributed by atoms with van der Waals surface area (Å²) >= 11 is 0. The Labute approximate surface area is 156 Å². The number of nitrogens with zero attached hydrogens (tertiary/aromatic N) is 2. The predicted octanol–water partition coefficient (Wildman–Crippen LogP) is 0.333. The number of carbonyl (C=O) groups excluding carboxylic acids is 2. The van der Waals surface area contributed by atoms with Gasteiger partial charge in [0.05, 0.1) is 12.6 Å². The summed E-state index contributed by atoms with van der Waals surface area (Å²) < 4.78 is 5.36. The number of amides is 2. The van der Waals surface area contributed by atoms with Crippen LogP contribution in [0, 0.1) is 5.92 Å². The topological polar surface area (TPSA) is 87.9 Å². The summed E-state index contributed by atoms with van der Waals surface area (Å²) in [6.07, 6.45) is 7.69. The van der Waals surface area contributed by atoms with Crippen LogP contribution in [0.3, 0.4) is 0 Å². The third-order valence-electron chi connectivity index (χ3n) is 6.08. The minimum Gasteiger partial charge on any atom is -0.381 e. The number of piperazine rings is 1. The summed E-state index contributed by atoms with van der Waals surface area (Å²) in [5.74, 6) is 0.411. The average molecular weight is 367 g/mol. The number of nitrogens with two attached hydrogens (primary N) is 1. The van der Waals surface area contributed by atoms with Gasteiger partial charge in [-0.1, -0.05) is 19.3 Å². The van der Waals surface area contributed by atoms with Crippen molar-refractivity contribution in [3.05, 3.63) is 0 Å². The Bertz CT molecular complexity index is 467. The van der Waals surface area contributed by atoms with E-state index in [1.165, 1.54) is 19.3 Å². The lowest BCUT2D eigenvalue weighted by atomic mass is 9.91. The first-order valence-electron chi connectivity index (χ1n) is 10.3. The van der Waals surface area contributed by atoms with E-state index >= 15 is 0 Å². The van der Waals surface area contributed by atoms with E-state index in [0.29, 0.717) is 38.9 Å². The summed E-state index contributed by atoms with van der Waals surface area (Å²) in [6.45, 7) is 4.64. The third kappa shape index (κ3) is 5.41. The molecule has 0 aromatic heterocycles. The summed E-state index contributed by atoms with van der Waals surface area (Å²) in [5, 5.41) is 3.17. The maximum atomic E-state index is 12.7. The number of hydrogen-bond donors (Lipinski definition) is 2. The van der Waals surface area contributed by atoms with Crippen LogP contribution in [0.15, 0.2) is 0 Å². The summed E-state index contributed by atoms with van der Waals surface area (Å²) in [6, 6.07) is -0.0587. The molecule has 0 bridgehead atoms. The molecular formula is C19H34N4O3. The predicted molar refractivity (Wildman–Crippen MR) is 99.6 cm³/mol. The first kappa shape index (κ1) is 19.6. The van der Waals surface area contributed by atoms with Crippen LogP contribution in [0.2, 0.25) is 0 Å². The summed E-state index contributed by atoms with van der Waals surface area (Å²) in [5.41, 5.74) is 6.22. The Morgan fingerprint density at radius 1 is 1.00 bits per heavy atom. The van der Waals surface area contributed by atoms with Crippen LogP contribution in [0.25, 0.3) is 0 Å². The van der Waals surface area contributed by atoms with Crippen LogP contribution in [0.1, 0.15) is 44.9 Å². The van der Waals surface area contributed by atoms with E-state index in [1.54, 1.807) is 0 Å². The lowest BCUT2D eigenvalue weighted by molar-refractivity contribution is -0.136. The van der Waals surface area contributed by atoms with Crippen molar-refractivity contribution in [2.24, 2.45) is 11.7 Å². The standard InChI is InChI=1S/C19H34N4O3/c20-18(15-6-12-26-13-7-15)19(25)23-10-8-22(9-11-23)14-17(24)21-16-4-2-1-3-5-16/h15-16,18H,1-14,20H2,(H,21,24). The molecule has 1 saturated carbocycles. The van der Waals surface area contributed by atoms with E-state index in [0.717, 1.165) is 38.8 Å². The quantitative estimate of drug-likeness (QED) is 0.732. The van der Waals surface area contributed by atoms with Crippen LogP contribution in [-0.2, 0) is 14.3 Å².